The molecule has 1 unspecified atom stereocenters. The van der Waals surface area contributed by atoms with E-state index in [0.29, 0.717) is 29.7 Å². The third-order valence-electron chi connectivity index (χ3n) is 5.74. The molecule has 4 rings (SSSR count). The van der Waals surface area contributed by atoms with Crippen LogP contribution in [0.2, 0.25) is 0 Å². The van der Waals surface area contributed by atoms with Gasteiger partial charge in [0, 0.05) is 42.0 Å². The lowest BCUT2D eigenvalue weighted by molar-refractivity contribution is -0.121. The van der Waals surface area contributed by atoms with Gasteiger partial charge in [-0.15, -0.1) is 0 Å². The molecule has 0 bridgehead atoms. The van der Waals surface area contributed by atoms with Crippen LogP contribution in [-0.4, -0.2) is 25.2 Å². The molecule has 1 fully saturated rings. The van der Waals surface area contributed by atoms with Crippen LogP contribution in [0.5, 0.6) is 0 Å². The number of hydrogen-bond acceptors (Lipinski definition) is 5. The predicted octanol–water partition coefficient (Wildman–Crippen LogP) is 3.69. The second kappa shape index (κ2) is 7.43. The Morgan fingerprint density at radius 1 is 1.11 bits per heavy atom. The quantitative estimate of drug-likeness (QED) is 0.680. The van der Waals surface area contributed by atoms with E-state index < -0.39 is 5.63 Å². The fourth-order valence-corrected chi connectivity index (χ4v) is 3.87. The lowest BCUT2D eigenvalue weighted by Crippen LogP contribution is -2.32. The Kier molecular flexibility index (Phi) is 4.98. The van der Waals surface area contributed by atoms with Crippen molar-refractivity contribution in [1.82, 2.24) is 5.32 Å². The van der Waals surface area contributed by atoms with Gasteiger partial charge in [0.05, 0.1) is 6.10 Å². The number of carbonyl (C=O) groups excluding carboxylic acids is 1. The van der Waals surface area contributed by atoms with Crippen LogP contribution in [0.25, 0.3) is 21.9 Å². The number of furan rings is 1. The highest BCUT2D eigenvalue weighted by Crippen LogP contribution is 2.31. The molecule has 1 amide bonds. The Balaban J connectivity index is 1.56. The SMILES string of the molecule is Cc1oc2cc3oc(=O)c(CCC(=O)NCC4CCCO4)c(C)c3cc2c1C. The first-order valence-corrected chi connectivity index (χ1v) is 9.78. The number of ether oxygens (including phenoxy) is 1. The minimum absolute atomic E-state index is 0.0776. The van der Waals surface area contributed by atoms with Gasteiger partial charge in [0.2, 0.25) is 5.91 Å². The van der Waals surface area contributed by atoms with Gasteiger partial charge < -0.3 is 18.9 Å². The molecule has 1 N–H and O–H groups in total. The van der Waals surface area contributed by atoms with Crippen molar-refractivity contribution in [2.24, 2.45) is 0 Å². The maximum Gasteiger partial charge on any atom is 0.339 e. The van der Waals surface area contributed by atoms with Crippen molar-refractivity contribution in [1.29, 1.82) is 0 Å². The van der Waals surface area contributed by atoms with Crippen LogP contribution >= 0.6 is 0 Å². The van der Waals surface area contributed by atoms with Crippen LogP contribution in [0.1, 0.15) is 41.7 Å². The van der Waals surface area contributed by atoms with E-state index in [2.05, 4.69) is 5.32 Å². The minimum Gasteiger partial charge on any atom is -0.461 e. The summed E-state index contributed by atoms with van der Waals surface area (Å²) in [4.78, 5) is 24.7. The van der Waals surface area contributed by atoms with Gasteiger partial charge in [-0.2, -0.15) is 0 Å². The van der Waals surface area contributed by atoms with E-state index in [4.69, 9.17) is 13.6 Å². The molecule has 2 aromatic heterocycles. The molecule has 28 heavy (non-hydrogen) atoms. The average Bonchev–Trinajstić information content (AvgIpc) is 3.27. The molecule has 0 radical (unpaired) electrons. The second-order valence-electron chi connectivity index (χ2n) is 7.56. The standard InChI is InChI=1S/C22H25NO5/c1-12-14(3)27-19-10-20-18(9-17(12)19)13(2)16(22(25)28-20)6-7-21(24)23-11-15-5-4-8-26-15/h9-10,15H,4-8,11H2,1-3H3,(H,23,24). The van der Waals surface area contributed by atoms with E-state index in [1.54, 1.807) is 6.07 Å². The Bertz CT molecular complexity index is 1100. The van der Waals surface area contributed by atoms with E-state index in [1.165, 1.54) is 0 Å². The summed E-state index contributed by atoms with van der Waals surface area (Å²) in [5.74, 6) is 0.777. The molecule has 148 valence electrons. The minimum atomic E-state index is -0.392. The summed E-state index contributed by atoms with van der Waals surface area (Å²) in [6.45, 7) is 7.14. The zero-order valence-corrected chi connectivity index (χ0v) is 16.5. The first kappa shape index (κ1) is 18.7. The second-order valence-corrected chi connectivity index (χ2v) is 7.56. The molecule has 0 spiro atoms. The predicted molar refractivity (Wildman–Crippen MR) is 107 cm³/mol. The van der Waals surface area contributed by atoms with Gasteiger partial charge in [0.1, 0.15) is 16.9 Å². The van der Waals surface area contributed by atoms with Gasteiger partial charge in [-0.1, -0.05) is 0 Å². The summed E-state index contributed by atoms with van der Waals surface area (Å²) in [6, 6.07) is 3.78. The van der Waals surface area contributed by atoms with Crippen LogP contribution in [-0.2, 0) is 16.0 Å². The van der Waals surface area contributed by atoms with Crippen LogP contribution in [0.15, 0.2) is 25.8 Å². The van der Waals surface area contributed by atoms with Crippen molar-refractivity contribution < 1.29 is 18.4 Å². The summed E-state index contributed by atoms with van der Waals surface area (Å²) in [5, 5.41) is 4.79. The molecule has 3 aromatic rings. The van der Waals surface area contributed by atoms with E-state index in [9.17, 15) is 9.59 Å². The van der Waals surface area contributed by atoms with Crippen molar-refractivity contribution in [3.63, 3.8) is 0 Å². The number of fused-ring (bicyclic) bond motifs is 2. The third kappa shape index (κ3) is 3.44. The lowest BCUT2D eigenvalue weighted by Gasteiger charge is -2.11. The molecule has 1 aromatic carbocycles. The van der Waals surface area contributed by atoms with Gasteiger partial charge in [-0.3, -0.25) is 4.79 Å². The van der Waals surface area contributed by atoms with Crippen molar-refractivity contribution in [3.8, 4) is 0 Å². The number of hydrogen-bond donors (Lipinski definition) is 1. The third-order valence-corrected chi connectivity index (χ3v) is 5.74. The van der Waals surface area contributed by atoms with Gasteiger partial charge in [-0.05, 0) is 57.2 Å². The highest BCUT2D eigenvalue weighted by Gasteiger charge is 2.18. The Hall–Kier alpha value is -2.60. The van der Waals surface area contributed by atoms with Crippen LogP contribution in [0.4, 0.5) is 0 Å². The zero-order valence-electron chi connectivity index (χ0n) is 16.5. The first-order chi connectivity index (χ1) is 13.4. The molecule has 0 aliphatic carbocycles. The van der Waals surface area contributed by atoms with Gasteiger partial charge in [-0.25, -0.2) is 4.79 Å². The van der Waals surface area contributed by atoms with E-state index in [1.807, 2.05) is 26.8 Å². The van der Waals surface area contributed by atoms with Crippen LogP contribution in [0.3, 0.4) is 0 Å². The highest BCUT2D eigenvalue weighted by atomic mass is 16.5. The molecular formula is C22H25NO5. The first-order valence-electron chi connectivity index (χ1n) is 9.78. The number of amides is 1. The molecule has 3 heterocycles. The topological polar surface area (TPSA) is 81.7 Å². The average molecular weight is 383 g/mol. The largest absolute Gasteiger partial charge is 0.461 e. The molecule has 1 aliphatic rings. The highest BCUT2D eigenvalue weighted by molar-refractivity contribution is 5.96. The number of aryl methyl sites for hydroxylation is 3. The molecule has 6 heteroatoms. The van der Waals surface area contributed by atoms with E-state index >= 15 is 0 Å². The van der Waals surface area contributed by atoms with Gasteiger partial charge in [0.15, 0.2) is 0 Å². The summed E-state index contributed by atoms with van der Waals surface area (Å²) in [6.07, 6.45) is 2.73. The Labute approximate surface area is 162 Å². The molecular weight excluding hydrogens is 358 g/mol. The molecule has 1 aliphatic heterocycles. The number of carbonyl (C=O) groups is 1. The van der Waals surface area contributed by atoms with Crippen LogP contribution in [0, 0.1) is 20.8 Å². The maximum absolute atomic E-state index is 12.5. The zero-order chi connectivity index (χ0) is 19.8. The van der Waals surface area contributed by atoms with Crippen molar-refractivity contribution in [2.45, 2.75) is 52.6 Å². The molecule has 1 saturated heterocycles. The van der Waals surface area contributed by atoms with Crippen molar-refractivity contribution in [2.75, 3.05) is 13.2 Å². The van der Waals surface area contributed by atoms with Crippen LogP contribution < -0.4 is 10.9 Å². The maximum atomic E-state index is 12.5. The van der Waals surface area contributed by atoms with Crippen molar-refractivity contribution >= 4 is 27.8 Å². The fourth-order valence-electron chi connectivity index (χ4n) is 3.87. The summed E-state index contributed by atoms with van der Waals surface area (Å²) >= 11 is 0. The summed E-state index contributed by atoms with van der Waals surface area (Å²) in [7, 11) is 0. The van der Waals surface area contributed by atoms with Crippen molar-refractivity contribution in [3.05, 3.63) is 45.0 Å². The summed E-state index contributed by atoms with van der Waals surface area (Å²) in [5.41, 5.74) is 3.32. The van der Waals surface area contributed by atoms with Gasteiger partial charge in [0.25, 0.3) is 0 Å². The summed E-state index contributed by atoms with van der Waals surface area (Å²) < 4.78 is 16.8. The molecule has 0 saturated carbocycles. The van der Waals surface area contributed by atoms with E-state index in [-0.39, 0.29) is 18.4 Å². The molecule has 6 nitrogen and oxygen atoms in total. The molecule has 1 atom stereocenters. The Morgan fingerprint density at radius 2 is 1.86 bits per heavy atom. The Morgan fingerprint density at radius 3 is 2.61 bits per heavy atom. The van der Waals surface area contributed by atoms with Gasteiger partial charge >= 0.3 is 5.63 Å². The number of benzene rings is 1. The fraction of sp³-hybridized carbons (Fsp3) is 0.455. The number of rotatable bonds is 5. The monoisotopic (exact) mass is 383 g/mol. The smallest absolute Gasteiger partial charge is 0.339 e. The van der Waals surface area contributed by atoms with E-state index in [0.717, 1.165) is 47.1 Å². The lowest BCUT2D eigenvalue weighted by atomic mass is 10.0. The number of nitrogens with one attached hydrogen (secondary N) is 1. The normalized spacial score (nSPS) is 16.9.